The number of benzene rings is 1. The Kier molecular flexibility index (Phi) is 3.96. The first-order valence-electron chi connectivity index (χ1n) is 8.64. The van der Waals surface area contributed by atoms with Gasteiger partial charge in [-0.05, 0) is 38.1 Å². The van der Waals surface area contributed by atoms with Crippen molar-refractivity contribution in [3.63, 3.8) is 0 Å². The van der Waals surface area contributed by atoms with Crippen molar-refractivity contribution in [2.75, 3.05) is 33.3 Å². The molecule has 0 aromatic heterocycles. The third-order valence-corrected chi connectivity index (χ3v) is 5.70. The summed E-state index contributed by atoms with van der Waals surface area (Å²) in [5.74, 6) is 0.505. The summed E-state index contributed by atoms with van der Waals surface area (Å²) in [7, 11) is 1.99. The molecular formula is C18H23FN2O3. The van der Waals surface area contributed by atoms with Crippen LogP contribution in [-0.2, 0) is 4.79 Å². The Balaban J connectivity index is 1.57. The molecule has 130 valence electrons. The average molecular weight is 334 g/mol. The van der Waals surface area contributed by atoms with Crippen LogP contribution in [0.5, 0.6) is 5.75 Å². The molecule has 1 aromatic rings. The first kappa shape index (κ1) is 15.8. The molecule has 1 aromatic carbocycles. The van der Waals surface area contributed by atoms with Crippen molar-refractivity contribution in [3.8, 4) is 5.75 Å². The second-order valence-corrected chi connectivity index (χ2v) is 7.20. The number of ether oxygens (including phenoxy) is 1. The van der Waals surface area contributed by atoms with E-state index in [2.05, 4.69) is 4.90 Å². The Morgan fingerprint density at radius 3 is 2.83 bits per heavy atom. The van der Waals surface area contributed by atoms with E-state index in [9.17, 15) is 14.3 Å². The van der Waals surface area contributed by atoms with Crippen LogP contribution in [0.1, 0.15) is 24.4 Å². The molecule has 0 unspecified atom stereocenters. The first-order chi connectivity index (χ1) is 11.5. The SMILES string of the molecule is CN1C[C@@H](C(=O)N2CCC(O)CC2)[C@@H]2COc3ccc(F)cc3[C@@H]21. The Morgan fingerprint density at radius 2 is 2.08 bits per heavy atom. The van der Waals surface area contributed by atoms with E-state index in [1.165, 1.54) is 12.1 Å². The quantitative estimate of drug-likeness (QED) is 0.844. The number of carbonyl (C=O) groups is 1. The Morgan fingerprint density at radius 1 is 1.33 bits per heavy atom. The van der Waals surface area contributed by atoms with Crippen molar-refractivity contribution in [2.24, 2.45) is 11.8 Å². The lowest BCUT2D eigenvalue weighted by atomic mass is 9.84. The van der Waals surface area contributed by atoms with Gasteiger partial charge in [0.1, 0.15) is 11.6 Å². The fourth-order valence-corrected chi connectivity index (χ4v) is 4.43. The zero-order valence-corrected chi connectivity index (χ0v) is 13.8. The number of aliphatic hydroxyl groups excluding tert-OH is 1. The fraction of sp³-hybridized carbons (Fsp3) is 0.611. The van der Waals surface area contributed by atoms with Crippen molar-refractivity contribution in [2.45, 2.75) is 25.0 Å². The van der Waals surface area contributed by atoms with E-state index in [1.807, 2.05) is 11.9 Å². The zero-order valence-electron chi connectivity index (χ0n) is 13.8. The van der Waals surface area contributed by atoms with Crippen LogP contribution in [0.25, 0.3) is 0 Å². The molecule has 3 heterocycles. The number of hydrogen-bond donors (Lipinski definition) is 1. The third-order valence-electron chi connectivity index (χ3n) is 5.70. The van der Waals surface area contributed by atoms with Gasteiger partial charge >= 0.3 is 0 Å². The van der Waals surface area contributed by atoms with Gasteiger partial charge in [0.25, 0.3) is 0 Å². The van der Waals surface area contributed by atoms with Crippen LogP contribution in [0.15, 0.2) is 18.2 Å². The monoisotopic (exact) mass is 334 g/mol. The second-order valence-electron chi connectivity index (χ2n) is 7.20. The molecule has 0 aliphatic carbocycles. The molecular weight excluding hydrogens is 311 g/mol. The van der Waals surface area contributed by atoms with E-state index < -0.39 is 0 Å². The number of halogens is 1. The maximum Gasteiger partial charge on any atom is 0.227 e. The highest BCUT2D eigenvalue weighted by molar-refractivity contribution is 5.80. The van der Waals surface area contributed by atoms with Crippen molar-refractivity contribution in [3.05, 3.63) is 29.6 Å². The zero-order chi connectivity index (χ0) is 16.8. The van der Waals surface area contributed by atoms with Crippen LogP contribution >= 0.6 is 0 Å². The van der Waals surface area contributed by atoms with Gasteiger partial charge in [-0.1, -0.05) is 0 Å². The summed E-state index contributed by atoms with van der Waals surface area (Å²) in [6.45, 7) is 2.38. The normalized spacial score (nSPS) is 30.6. The smallest absolute Gasteiger partial charge is 0.227 e. The minimum Gasteiger partial charge on any atom is -0.493 e. The second kappa shape index (κ2) is 6.01. The van der Waals surface area contributed by atoms with Crippen molar-refractivity contribution >= 4 is 5.91 Å². The van der Waals surface area contributed by atoms with Crippen molar-refractivity contribution in [1.29, 1.82) is 0 Å². The van der Waals surface area contributed by atoms with Gasteiger partial charge in [-0.25, -0.2) is 4.39 Å². The van der Waals surface area contributed by atoms with Crippen molar-refractivity contribution in [1.82, 2.24) is 9.80 Å². The van der Waals surface area contributed by atoms with Crippen molar-refractivity contribution < 1.29 is 19.0 Å². The lowest BCUT2D eigenvalue weighted by Crippen LogP contribution is -2.45. The summed E-state index contributed by atoms with van der Waals surface area (Å²) < 4.78 is 19.5. The summed E-state index contributed by atoms with van der Waals surface area (Å²) in [6.07, 6.45) is 1.00. The summed E-state index contributed by atoms with van der Waals surface area (Å²) in [5, 5.41) is 9.64. The number of piperidine rings is 1. The maximum absolute atomic E-state index is 13.7. The highest BCUT2D eigenvalue weighted by Crippen LogP contribution is 2.47. The largest absolute Gasteiger partial charge is 0.493 e. The number of carbonyl (C=O) groups excluding carboxylic acids is 1. The Labute approximate surface area is 141 Å². The molecule has 24 heavy (non-hydrogen) atoms. The van der Waals surface area contributed by atoms with E-state index in [0.717, 1.165) is 11.3 Å². The number of amides is 1. The minimum atomic E-state index is -0.291. The molecule has 0 radical (unpaired) electrons. The Bertz CT molecular complexity index is 645. The molecule has 1 amide bonds. The highest BCUT2D eigenvalue weighted by atomic mass is 19.1. The fourth-order valence-electron chi connectivity index (χ4n) is 4.43. The van der Waals surface area contributed by atoms with E-state index in [4.69, 9.17) is 4.74 Å². The van der Waals surface area contributed by atoms with Gasteiger partial charge in [0.15, 0.2) is 0 Å². The van der Waals surface area contributed by atoms with Gasteiger partial charge in [-0.15, -0.1) is 0 Å². The number of nitrogens with zero attached hydrogens (tertiary/aromatic N) is 2. The molecule has 0 bridgehead atoms. The number of likely N-dealkylation sites (tertiary alicyclic amines) is 2. The molecule has 3 aliphatic heterocycles. The number of rotatable bonds is 1. The standard InChI is InChI=1S/C18H23FN2O3/c1-20-9-14(18(23)21-6-4-12(22)5-7-21)15-10-24-16-3-2-11(19)8-13(16)17(15)20/h2-3,8,12,14-15,17,22H,4-7,9-10H2,1H3/t14-,15+,17+/m1/s1. The molecule has 3 aliphatic rings. The number of aliphatic hydroxyl groups is 1. The molecule has 2 fully saturated rings. The van der Waals surface area contributed by atoms with Crippen LogP contribution in [-0.4, -0.2) is 60.2 Å². The topological polar surface area (TPSA) is 53.0 Å². The van der Waals surface area contributed by atoms with Gasteiger partial charge < -0.3 is 14.7 Å². The summed E-state index contributed by atoms with van der Waals surface area (Å²) in [6, 6.07) is 4.65. The van der Waals surface area contributed by atoms with Crippen LogP contribution in [0.2, 0.25) is 0 Å². The number of fused-ring (bicyclic) bond motifs is 3. The van der Waals surface area contributed by atoms with Crippen LogP contribution in [0.3, 0.4) is 0 Å². The van der Waals surface area contributed by atoms with Gasteiger partial charge in [-0.2, -0.15) is 0 Å². The predicted molar refractivity (Wildman–Crippen MR) is 86.1 cm³/mol. The minimum absolute atomic E-state index is 0.0220. The maximum atomic E-state index is 13.7. The predicted octanol–water partition coefficient (Wildman–Crippen LogP) is 1.42. The van der Waals surface area contributed by atoms with Crippen LogP contribution in [0, 0.1) is 17.7 Å². The van der Waals surface area contributed by atoms with E-state index in [0.29, 0.717) is 39.1 Å². The van der Waals surface area contributed by atoms with E-state index in [1.54, 1.807) is 6.07 Å². The highest BCUT2D eigenvalue weighted by Gasteiger charge is 2.48. The molecule has 0 saturated carbocycles. The average Bonchev–Trinajstić information content (AvgIpc) is 2.92. The molecule has 5 nitrogen and oxygen atoms in total. The summed E-state index contributed by atoms with van der Waals surface area (Å²) >= 11 is 0. The van der Waals surface area contributed by atoms with E-state index in [-0.39, 0.29) is 35.7 Å². The van der Waals surface area contributed by atoms with Gasteiger partial charge in [0.05, 0.1) is 18.6 Å². The van der Waals surface area contributed by atoms with Gasteiger partial charge in [0.2, 0.25) is 5.91 Å². The molecule has 3 atom stereocenters. The van der Waals surface area contributed by atoms with E-state index >= 15 is 0 Å². The van der Waals surface area contributed by atoms with Gasteiger partial charge in [0, 0.05) is 37.2 Å². The third kappa shape index (κ3) is 2.58. The van der Waals surface area contributed by atoms with Crippen LogP contribution in [0.4, 0.5) is 4.39 Å². The molecule has 2 saturated heterocycles. The lowest BCUT2D eigenvalue weighted by Gasteiger charge is -2.35. The summed E-state index contributed by atoms with van der Waals surface area (Å²) in [5.41, 5.74) is 0.845. The van der Waals surface area contributed by atoms with Gasteiger partial charge in [-0.3, -0.25) is 9.69 Å². The molecule has 0 spiro atoms. The lowest BCUT2D eigenvalue weighted by molar-refractivity contribution is -0.138. The first-order valence-corrected chi connectivity index (χ1v) is 8.64. The van der Waals surface area contributed by atoms with Crippen LogP contribution < -0.4 is 4.74 Å². The Hall–Kier alpha value is -1.66. The summed E-state index contributed by atoms with van der Waals surface area (Å²) in [4.78, 5) is 17.0. The number of hydrogen-bond acceptors (Lipinski definition) is 4. The molecule has 6 heteroatoms. The molecule has 4 rings (SSSR count). The molecule has 1 N–H and O–H groups in total.